The predicted molar refractivity (Wildman–Crippen MR) is 95.5 cm³/mol. The van der Waals surface area contributed by atoms with Crippen molar-refractivity contribution < 1.29 is 12.6 Å². The van der Waals surface area contributed by atoms with Crippen molar-refractivity contribution in [3.05, 3.63) is 71.8 Å². The highest BCUT2D eigenvalue weighted by Gasteiger charge is 2.52. The predicted octanol–water partition coefficient (Wildman–Crippen LogP) is 2.92. The van der Waals surface area contributed by atoms with Crippen molar-refractivity contribution in [3.63, 3.8) is 0 Å². The van der Waals surface area contributed by atoms with Gasteiger partial charge in [-0.15, -0.1) is 0 Å². The Morgan fingerprint density at radius 2 is 1.58 bits per heavy atom. The van der Waals surface area contributed by atoms with E-state index in [1.54, 1.807) is 0 Å². The van der Waals surface area contributed by atoms with E-state index in [-0.39, 0.29) is 12.0 Å². The van der Waals surface area contributed by atoms with E-state index >= 15 is 0 Å². The molecule has 2 atom stereocenters. The number of benzene rings is 2. The summed E-state index contributed by atoms with van der Waals surface area (Å²) in [7, 11) is -3.53. The summed E-state index contributed by atoms with van der Waals surface area (Å²) < 4.78 is 29.1. The molecule has 2 unspecified atom stereocenters. The summed E-state index contributed by atoms with van der Waals surface area (Å²) in [6, 6.07) is 20.2. The molecule has 0 saturated carbocycles. The molecule has 24 heavy (non-hydrogen) atoms. The first-order chi connectivity index (χ1) is 11.5. The van der Waals surface area contributed by atoms with Gasteiger partial charge >= 0.3 is 0 Å². The van der Waals surface area contributed by atoms with E-state index in [9.17, 15) is 8.42 Å². The zero-order valence-electron chi connectivity index (χ0n) is 14.0. The standard InChI is InChI=1S/C19H23NO3S/c1-3-19(23-24(2,21)22)14-20-18(19)17(15-10-6-4-7-11-15)16-12-8-5-9-13-16/h4-13,17-18,20H,3,14H2,1-2H3. The van der Waals surface area contributed by atoms with E-state index in [1.165, 1.54) is 0 Å². The zero-order chi connectivity index (χ0) is 17.2. The highest BCUT2D eigenvalue weighted by Crippen LogP contribution is 2.41. The van der Waals surface area contributed by atoms with Crippen molar-refractivity contribution in [1.29, 1.82) is 0 Å². The van der Waals surface area contributed by atoms with Gasteiger partial charge < -0.3 is 5.32 Å². The summed E-state index contributed by atoms with van der Waals surface area (Å²) in [5, 5.41) is 3.42. The molecule has 2 aromatic carbocycles. The van der Waals surface area contributed by atoms with Crippen LogP contribution in [0.2, 0.25) is 0 Å². The largest absolute Gasteiger partial charge is 0.307 e. The molecule has 1 saturated heterocycles. The van der Waals surface area contributed by atoms with E-state index < -0.39 is 15.7 Å². The molecule has 1 N–H and O–H groups in total. The minimum Gasteiger partial charge on any atom is -0.307 e. The molecule has 4 nitrogen and oxygen atoms in total. The van der Waals surface area contributed by atoms with Crippen LogP contribution >= 0.6 is 0 Å². The molecule has 1 heterocycles. The molecule has 0 aromatic heterocycles. The van der Waals surface area contributed by atoms with Gasteiger partial charge in [0.1, 0.15) is 5.60 Å². The van der Waals surface area contributed by atoms with Crippen molar-refractivity contribution in [2.75, 3.05) is 12.8 Å². The van der Waals surface area contributed by atoms with Crippen LogP contribution in [-0.2, 0) is 14.3 Å². The minimum atomic E-state index is -3.53. The maximum Gasteiger partial charge on any atom is 0.265 e. The molecule has 1 aliphatic heterocycles. The van der Waals surface area contributed by atoms with E-state index in [1.807, 2.05) is 43.3 Å². The Morgan fingerprint density at radius 1 is 1.08 bits per heavy atom. The van der Waals surface area contributed by atoms with Gasteiger partial charge in [-0.1, -0.05) is 67.6 Å². The maximum absolute atomic E-state index is 11.8. The Kier molecular flexibility index (Phi) is 4.76. The third-order valence-corrected chi connectivity index (χ3v) is 5.39. The van der Waals surface area contributed by atoms with Gasteiger partial charge in [0.2, 0.25) is 0 Å². The number of nitrogens with one attached hydrogen (secondary N) is 1. The SMILES string of the molecule is CCC1(OS(C)(=O)=O)CNC1C(c1ccccc1)c1ccccc1. The molecule has 0 aliphatic carbocycles. The molecule has 2 aromatic rings. The number of hydrogen-bond acceptors (Lipinski definition) is 4. The van der Waals surface area contributed by atoms with Crippen LogP contribution in [0.15, 0.2) is 60.7 Å². The van der Waals surface area contributed by atoms with Gasteiger partial charge in [-0.25, -0.2) is 0 Å². The summed E-state index contributed by atoms with van der Waals surface area (Å²) in [4.78, 5) is 0. The fourth-order valence-electron chi connectivity index (χ4n) is 3.55. The summed E-state index contributed by atoms with van der Waals surface area (Å²) >= 11 is 0. The van der Waals surface area contributed by atoms with Gasteiger partial charge in [0.25, 0.3) is 10.1 Å². The molecule has 1 aliphatic rings. The Morgan fingerprint density at radius 3 is 1.92 bits per heavy atom. The van der Waals surface area contributed by atoms with Gasteiger partial charge in [0.15, 0.2) is 0 Å². The van der Waals surface area contributed by atoms with Gasteiger partial charge in [-0.2, -0.15) is 8.42 Å². The Labute approximate surface area is 144 Å². The Bertz CT molecular complexity index is 733. The van der Waals surface area contributed by atoms with Crippen LogP contribution in [0.25, 0.3) is 0 Å². The van der Waals surface area contributed by atoms with Crippen LogP contribution in [0.5, 0.6) is 0 Å². The van der Waals surface area contributed by atoms with Gasteiger partial charge in [-0.3, -0.25) is 4.18 Å². The number of hydrogen-bond donors (Lipinski definition) is 1. The molecule has 5 heteroatoms. The van der Waals surface area contributed by atoms with E-state index in [2.05, 4.69) is 29.6 Å². The molecule has 0 radical (unpaired) electrons. The monoisotopic (exact) mass is 345 g/mol. The summed E-state index contributed by atoms with van der Waals surface area (Å²) in [5.74, 6) is 0.0304. The smallest absolute Gasteiger partial charge is 0.265 e. The minimum absolute atomic E-state index is 0.0304. The third-order valence-electron chi connectivity index (χ3n) is 4.75. The lowest BCUT2D eigenvalue weighted by Crippen LogP contribution is -2.71. The average molecular weight is 345 g/mol. The first-order valence-electron chi connectivity index (χ1n) is 8.19. The Balaban J connectivity index is 2.03. The highest BCUT2D eigenvalue weighted by atomic mass is 32.2. The van der Waals surface area contributed by atoms with Gasteiger partial charge in [-0.05, 0) is 17.5 Å². The van der Waals surface area contributed by atoms with Crippen molar-refractivity contribution in [3.8, 4) is 0 Å². The van der Waals surface area contributed by atoms with Crippen LogP contribution in [0.4, 0.5) is 0 Å². The molecule has 3 rings (SSSR count). The second kappa shape index (κ2) is 6.67. The summed E-state index contributed by atoms with van der Waals surface area (Å²) in [6.07, 6.45) is 1.76. The molecular formula is C19H23NO3S. The second-order valence-electron chi connectivity index (χ2n) is 6.36. The fraction of sp³-hybridized carbons (Fsp3) is 0.368. The van der Waals surface area contributed by atoms with Crippen molar-refractivity contribution in [2.24, 2.45) is 0 Å². The lowest BCUT2D eigenvalue weighted by Gasteiger charge is -2.52. The van der Waals surface area contributed by atoms with Crippen molar-refractivity contribution >= 4 is 10.1 Å². The van der Waals surface area contributed by atoms with Gasteiger partial charge in [0, 0.05) is 18.5 Å². The maximum atomic E-state index is 11.8. The van der Waals surface area contributed by atoms with E-state index in [0.717, 1.165) is 17.4 Å². The van der Waals surface area contributed by atoms with Crippen LogP contribution < -0.4 is 5.32 Å². The normalized spacial score (nSPS) is 23.9. The van der Waals surface area contributed by atoms with Crippen molar-refractivity contribution in [2.45, 2.75) is 30.9 Å². The third kappa shape index (κ3) is 3.38. The van der Waals surface area contributed by atoms with Gasteiger partial charge in [0.05, 0.1) is 6.26 Å². The van der Waals surface area contributed by atoms with Crippen molar-refractivity contribution in [1.82, 2.24) is 5.32 Å². The lowest BCUT2D eigenvalue weighted by atomic mass is 9.71. The zero-order valence-corrected chi connectivity index (χ0v) is 14.8. The van der Waals surface area contributed by atoms with Crippen LogP contribution in [0, 0.1) is 0 Å². The first-order valence-corrected chi connectivity index (χ1v) is 10.0. The van der Waals surface area contributed by atoms with Crippen LogP contribution in [0.1, 0.15) is 30.4 Å². The molecule has 0 spiro atoms. The average Bonchev–Trinajstić information content (AvgIpc) is 2.57. The van der Waals surface area contributed by atoms with Crippen LogP contribution in [0.3, 0.4) is 0 Å². The fourth-order valence-corrected chi connectivity index (χ4v) is 4.44. The molecule has 0 bridgehead atoms. The topological polar surface area (TPSA) is 55.4 Å². The summed E-state index contributed by atoms with van der Waals surface area (Å²) in [6.45, 7) is 2.52. The molecule has 1 fully saturated rings. The first kappa shape index (κ1) is 17.1. The molecule has 128 valence electrons. The number of rotatable bonds is 6. The quantitative estimate of drug-likeness (QED) is 0.818. The van der Waals surface area contributed by atoms with E-state index in [4.69, 9.17) is 4.18 Å². The highest BCUT2D eigenvalue weighted by molar-refractivity contribution is 7.86. The molecule has 0 amide bonds. The van der Waals surface area contributed by atoms with E-state index in [0.29, 0.717) is 13.0 Å². The Hall–Kier alpha value is -1.69. The summed E-state index contributed by atoms with van der Waals surface area (Å²) in [5.41, 5.74) is 1.59. The molecular weight excluding hydrogens is 322 g/mol. The van der Waals surface area contributed by atoms with Crippen LogP contribution in [-0.4, -0.2) is 32.9 Å². The second-order valence-corrected chi connectivity index (χ2v) is 7.94. The lowest BCUT2D eigenvalue weighted by molar-refractivity contribution is -0.0369.